The minimum atomic E-state index is 0.448. The van der Waals surface area contributed by atoms with Crippen molar-refractivity contribution in [1.82, 2.24) is 20.2 Å². The lowest BCUT2D eigenvalue weighted by atomic mass is 10.3. The predicted octanol–water partition coefficient (Wildman–Crippen LogP) is 1.74. The summed E-state index contributed by atoms with van der Waals surface area (Å²) in [6, 6.07) is 5.36. The lowest BCUT2D eigenvalue weighted by molar-refractivity contribution is 0.392. The highest BCUT2D eigenvalue weighted by Crippen LogP contribution is 2.25. The van der Waals surface area contributed by atoms with E-state index in [2.05, 4.69) is 20.2 Å². The molecule has 7 heteroatoms. The third-order valence-corrected chi connectivity index (χ3v) is 3.24. The molecule has 3 aromatic rings. The molecule has 3 heterocycles. The van der Waals surface area contributed by atoms with E-state index in [0.717, 1.165) is 10.2 Å². The van der Waals surface area contributed by atoms with Gasteiger partial charge in [0.05, 0.1) is 12.5 Å². The van der Waals surface area contributed by atoms with Crippen molar-refractivity contribution in [2.45, 2.75) is 0 Å². The van der Waals surface area contributed by atoms with Gasteiger partial charge in [0, 0.05) is 6.07 Å². The molecule has 3 rings (SSSR count). The second-order valence-corrected chi connectivity index (χ2v) is 4.43. The monoisotopic (exact) mass is 259 g/mol. The first-order chi connectivity index (χ1) is 8.78. The van der Waals surface area contributed by atoms with Crippen LogP contribution in [0.25, 0.3) is 21.7 Å². The van der Waals surface area contributed by atoms with Crippen LogP contribution in [0.15, 0.2) is 23.6 Å². The van der Waals surface area contributed by atoms with E-state index in [1.54, 1.807) is 12.1 Å². The molecule has 0 aliphatic carbocycles. The molecule has 0 radical (unpaired) electrons. The average molecular weight is 259 g/mol. The van der Waals surface area contributed by atoms with Crippen LogP contribution in [0.1, 0.15) is 0 Å². The van der Waals surface area contributed by atoms with Gasteiger partial charge in [-0.25, -0.2) is 9.97 Å². The van der Waals surface area contributed by atoms with Crippen molar-refractivity contribution < 1.29 is 4.74 Å². The summed E-state index contributed by atoms with van der Waals surface area (Å²) >= 11 is 1.51. The van der Waals surface area contributed by atoms with E-state index < -0.39 is 0 Å². The summed E-state index contributed by atoms with van der Waals surface area (Å²) < 4.78 is 4.95. The van der Waals surface area contributed by atoms with Gasteiger partial charge in [0.2, 0.25) is 5.88 Å². The molecule has 0 saturated heterocycles. The number of nitrogens with two attached hydrogens (primary N) is 1. The fraction of sp³-hybridized carbons (Fsp3) is 0.0909. The van der Waals surface area contributed by atoms with Crippen molar-refractivity contribution in [3.63, 3.8) is 0 Å². The fourth-order valence-corrected chi connectivity index (χ4v) is 2.31. The zero-order valence-corrected chi connectivity index (χ0v) is 10.3. The molecule has 0 aromatic carbocycles. The smallest absolute Gasteiger partial charge is 0.233 e. The van der Waals surface area contributed by atoms with Crippen LogP contribution in [0, 0.1) is 0 Å². The SMILES string of the molecule is COc1ccc(-c2nc(N)c3ccsc3n2)nn1. The summed E-state index contributed by atoms with van der Waals surface area (Å²) in [5.74, 6) is 1.37. The molecule has 6 nitrogen and oxygen atoms in total. The topological polar surface area (TPSA) is 86.8 Å². The Morgan fingerprint density at radius 3 is 2.78 bits per heavy atom. The number of rotatable bonds is 2. The Hall–Kier alpha value is -2.28. The lowest BCUT2D eigenvalue weighted by Crippen LogP contribution is -1.99. The molecule has 0 amide bonds. The Morgan fingerprint density at radius 1 is 1.17 bits per heavy atom. The summed E-state index contributed by atoms with van der Waals surface area (Å²) in [5, 5.41) is 10.7. The Balaban J connectivity index is 2.12. The summed E-state index contributed by atoms with van der Waals surface area (Å²) in [5.41, 5.74) is 6.44. The third-order valence-electron chi connectivity index (χ3n) is 2.43. The predicted molar refractivity (Wildman–Crippen MR) is 69.4 cm³/mol. The van der Waals surface area contributed by atoms with E-state index in [1.165, 1.54) is 18.4 Å². The molecule has 0 bridgehead atoms. The van der Waals surface area contributed by atoms with Crippen LogP contribution in [0.3, 0.4) is 0 Å². The molecular formula is C11H9N5OS. The maximum atomic E-state index is 5.88. The van der Waals surface area contributed by atoms with Crippen molar-refractivity contribution in [1.29, 1.82) is 0 Å². The number of nitrogen functional groups attached to an aromatic ring is 1. The van der Waals surface area contributed by atoms with Crippen LogP contribution in [-0.2, 0) is 0 Å². The van der Waals surface area contributed by atoms with Gasteiger partial charge < -0.3 is 10.5 Å². The third kappa shape index (κ3) is 1.74. The first-order valence-corrected chi connectivity index (χ1v) is 6.04. The molecule has 0 unspecified atom stereocenters. The van der Waals surface area contributed by atoms with Crippen LogP contribution >= 0.6 is 11.3 Å². The number of fused-ring (bicyclic) bond motifs is 1. The van der Waals surface area contributed by atoms with E-state index in [0.29, 0.717) is 23.2 Å². The maximum Gasteiger partial charge on any atom is 0.233 e. The summed E-state index contributed by atoms with van der Waals surface area (Å²) in [4.78, 5) is 9.48. The molecule has 0 saturated carbocycles. The van der Waals surface area contributed by atoms with Crippen LogP contribution in [-0.4, -0.2) is 27.3 Å². The van der Waals surface area contributed by atoms with Crippen LogP contribution in [0.2, 0.25) is 0 Å². The molecule has 0 aliphatic heterocycles. The van der Waals surface area contributed by atoms with Crippen molar-refractivity contribution >= 4 is 27.4 Å². The largest absolute Gasteiger partial charge is 0.480 e. The van der Waals surface area contributed by atoms with E-state index >= 15 is 0 Å². The minimum Gasteiger partial charge on any atom is -0.480 e. The van der Waals surface area contributed by atoms with Gasteiger partial charge in [-0.1, -0.05) is 0 Å². The van der Waals surface area contributed by atoms with Gasteiger partial charge in [-0.15, -0.1) is 21.5 Å². The average Bonchev–Trinajstić information content (AvgIpc) is 2.88. The first-order valence-electron chi connectivity index (χ1n) is 5.17. The van der Waals surface area contributed by atoms with Gasteiger partial charge in [-0.3, -0.25) is 0 Å². The van der Waals surface area contributed by atoms with Crippen LogP contribution in [0.5, 0.6) is 5.88 Å². The lowest BCUT2D eigenvalue weighted by Gasteiger charge is -2.02. The van der Waals surface area contributed by atoms with Gasteiger partial charge in [0.1, 0.15) is 16.3 Å². The van der Waals surface area contributed by atoms with Crippen molar-refractivity contribution in [2.24, 2.45) is 0 Å². The number of hydrogen-bond donors (Lipinski definition) is 1. The van der Waals surface area contributed by atoms with Gasteiger partial charge in [0.25, 0.3) is 0 Å². The molecule has 90 valence electrons. The molecule has 0 atom stereocenters. The van der Waals surface area contributed by atoms with Crippen LogP contribution < -0.4 is 10.5 Å². The second-order valence-electron chi connectivity index (χ2n) is 3.53. The Morgan fingerprint density at radius 2 is 2.06 bits per heavy atom. The number of hydrogen-bond acceptors (Lipinski definition) is 7. The number of aromatic nitrogens is 4. The number of nitrogens with zero attached hydrogens (tertiary/aromatic N) is 4. The van der Waals surface area contributed by atoms with Gasteiger partial charge in [0.15, 0.2) is 5.82 Å². The van der Waals surface area contributed by atoms with Gasteiger partial charge in [-0.05, 0) is 17.5 Å². The minimum absolute atomic E-state index is 0.448. The molecule has 3 aromatic heterocycles. The van der Waals surface area contributed by atoms with Crippen molar-refractivity contribution in [3.8, 4) is 17.4 Å². The summed E-state index contributed by atoms with van der Waals surface area (Å²) in [7, 11) is 1.54. The van der Waals surface area contributed by atoms with Gasteiger partial charge >= 0.3 is 0 Å². The van der Waals surface area contributed by atoms with E-state index in [9.17, 15) is 0 Å². The number of thiophene rings is 1. The van der Waals surface area contributed by atoms with E-state index in [-0.39, 0.29) is 0 Å². The van der Waals surface area contributed by atoms with Crippen molar-refractivity contribution in [2.75, 3.05) is 12.8 Å². The zero-order chi connectivity index (χ0) is 12.5. The Labute approximate surface area is 106 Å². The number of methoxy groups -OCH3 is 1. The zero-order valence-electron chi connectivity index (χ0n) is 9.49. The summed E-state index contributed by atoms with van der Waals surface area (Å²) in [6.07, 6.45) is 0. The number of anilines is 1. The highest BCUT2D eigenvalue weighted by atomic mass is 32.1. The summed E-state index contributed by atoms with van der Waals surface area (Å²) in [6.45, 7) is 0. The Kier molecular flexibility index (Phi) is 2.52. The maximum absolute atomic E-state index is 5.88. The Bertz CT molecular complexity index is 694. The molecule has 0 fully saturated rings. The second kappa shape index (κ2) is 4.19. The first kappa shape index (κ1) is 10.8. The fourth-order valence-electron chi connectivity index (χ4n) is 1.54. The molecule has 0 spiro atoms. The van der Waals surface area contributed by atoms with E-state index in [4.69, 9.17) is 10.5 Å². The van der Waals surface area contributed by atoms with E-state index in [1.807, 2.05) is 11.4 Å². The van der Waals surface area contributed by atoms with Gasteiger partial charge in [-0.2, -0.15) is 0 Å². The highest BCUT2D eigenvalue weighted by molar-refractivity contribution is 7.16. The quantitative estimate of drug-likeness (QED) is 0.754. The van der Waals surface area contributed by atoms with Crippen molar-refractivity contribution in [3.05, 3.63) is 23.6 Å². The number of ether oxygens (including phenoxy) is 1. The standard InChI is InChI=1S/C11H9N5OS/c1-17-8-3-2-7(15-16-8)10-13-9(12)6-4-5-18-11(6)14-10/h2-5H,1H3,(H2,12,13,14). The molecular weight excluding hydrogens is 250 g/mol. The molecule has 18 heavy (non-hydrogen) atoms. The molecule has 0 aliphatic rings. The normalized spacial score (nSPS) is 10.7. The van der Waals surface area contributed by atoms with Crippen LogP contribution in [0.4, 0.5) is 5.82 Å². The highest BCUT2D eigenvalue weighted by Gasteiger charge is 2.09. The molecule has 2 N–H and O–H groups in total.